The van der Waals surface area contributed by atoms with Crippen LogP contribution in [0.5, 0.6) is 0 Å². The van der Waals surface area contributed by atoms with Crippen LogP contribution >= 0.6 is 0 Å². The summed E-state index contributed by atoms with van der Waals surface area (Å²) in [6, 6.07) is 3.34. The minimum absolute atomic E-state index is 0.0701. The maximum atomic E-state index is 12.4. The van der Waals surface area contributed by atoms with Gasteiger partial charge in [0.2, 0.25) is 5.09 Å². The molecule has 2 saturated heterocycles. The molecule has 1 atom stereocenters. The molecule has 0 unspecified atom stereocenters. The van der Waals surface area contributed by atoms with Gasteiger partial charge in [0.25, 0.3) is 10.0 Å². The van der Waals surface area contributed by atoms with Crippen molar-refractivity contribution in [3.05, 3.63) is 17.9 Å². The van der Waals surface area contributed by atoms with Crippen molar-refractivity contribution >= 4 is 10.0 Å². The minimum Gasteiger partial charge on any atom is -0.447 e. The smallest absolute Gasteiger partial charge is 0.276 e. The molecule has 0 saturated carbocycles. The van der Waals surface area contributed by atoms with Crippen molar-refractivity contribution in [3.63, 3.8) is 0 Å². The van der Waals surface area contributed by atoms with Gasteiger partial charge in [-0.15, -0.1) is 0 Å². The number of ether oxygens (including phenoxy) is 1. The molecule has 2 aliphatic rings. The average Bonchev–Trinajstić information content (AvgIpc) is 3.10. The van der Waals surface area contributed by atoms with Gasteiger partial charge >= 0.3 is 0 Å². The van der Waals surface area contributed by atoms with E-state index in [-0.39, 0.29) is 11.2 Å². The Morgan fingerprint density at radius 2 is 2.00 bits per heavy atom. The first-order chi connectivity index (χ1) is 10.1. The second-order valence-corrected chi connectivity index (χ2v) is 7.62. The number of rotatable bonds is 4. The molecule has 0 aliphatic carbocycles. The Balaban J connectivity index is 1.68. The van der Waals surface area contributed by atoms with Gasteiger partial charge in [-0.2, -0.15) is 4.31 Å². The van der Waals surface area contributed by atoms with Crippen molar-refractivity contribution in [1.82, 2.24) is 9.21 Å². The Labute approximate surface area is 125 Å². The second kappa shape index (κ2) is 6.08. The monoisotopic (exact) mass is 314 g/mol. The molecule has 0 N–H and O–H groups in total. The molecule has 7 heteroatoms. The predicted molar refractivity (Wildman–Crippen MR) is 77.4 cm³/mol. The normalized spacial score (nSPS) is 25.5. The van der Waals surface area contributed by atoms with Crippen molar-refractivity contribution in [2.75, 3.05) is 32.8 Å². The van der Waals surface area contributed by atoms with Crippen molar-refractivity contribution < 1.29 is 17.6 Å². The van der Waals surface area contributed by atoms with Gasteiger partial charge < -0.3 is 9.15 Å². The number of hydrogen-bond donors (Lipinski definition) is 0. The summed E-state index contributed by atoms with van der Waals surface area (Å²) in [5, 5.41) is 0.0701. The van der Waals surface area contributed by atoms with Gasteiger partial charge in [-0.25, -0.2) is 8.42 Å². The first-order valence-corrected chi connectivity index (χ1v) is 8.92. The van der Waals surface area contributed by atoms with Crippen LogP contribution in [-0.2, 0) is 21.3 Å². The Morgan fingerprint density at radius 3 is 2.71 bits per heavy atom. The molecule has 1 aromatic rings. The van der Waals surface area contributed by atoms with Crippen molar-refractivity contribution in [3.8, 4) is 0 Å². The van der Waals surface area contributed by atoms with Crippen LogP contribution in [0.15, 0.2) is 21.6 Å². The highest BCUT2D eigenvalue weighted by Crippen LogP contribution is 2.23. The minimum atomic E-state index is -3.45. The Bertz CT molecular complexity index is 578. The first kappa shape index (κ1) is 15.0. The molecule has 21 heavy (non-hydrogen) atoms. The third kappa shape index (κ3) is 3.31. The predicted octanol–water partition coefficient (Wildman–Crippen LogP) is 1.28. The fraction of sp³-hybridized carbons (Fsp3) is 0.714. The summed E-state index contributed by atoms with van der Waals surface area (Å²) in [4.78, 5) is 2.22. The molecule has 0 radical (unpaired) electrons. The van der Waals surface area contributed by atoms with Crippen LogP contribution in [0.25, 0.3) is 0 Å². The highest BCUT2D eigenvalue weighted by molar-refractivity contribution is 7.89. The zero-order valence-electron chi connectivity index (χ0n) is 12.3. The van der Waals surface area contributed by atoms with Crippen molar-refractivity contribution in [2.24, 2.45) is 0 Å². The highest BCUT2D eigenvalue weighted by atomic mass is 32.2. The van der Waals surface area contributed by atoms with Crippen LogP contribution in [0, 0.1) is 0 Å². The third-order valence-electron chi connectivity index (χ3n) is 4.00. The van der Waals surface area contributed by atoms with Crippen molar-refractivity contribution in [2.45, 2.75) is 37.5 Å². The summed E-state index contributed by atoms with van der Waals surface area (Å²) >= 11 is 0. The fourth-order valence-corrected chi connectivity index (χ4v) is 4.34. The van der Waals surface area contributed by atoms with E-state index in [0.29, 0.717) is 32.0 Å². The van der Waals surface area contributed by atoms with Gasteiger partial charge in [-0.05, 0) is 31.9 Å². The van der Waals surface area contributed by atoms with Crippen LogP contribution in [0.1, 0.15) is 25.5 Å². The van der Waals surface area contributed by atoms with Gasteiger partial charge in [-0.3, -0.25) is 4.90 Å². The van der Waals surface area contributed by atoms with E-state index in [1.165, 1.54) is 4.31 Å². The molecule has 0 spiro atoms. The summed E-state index contributed by atoms with van der Waals surface area (Å²) < 4.78 is 37.4. The van der Waals surface area contributed by atoms with Gasteiger partial charge in [0.15, 0.2) is 0 Å². The van der Waals surface area contributed by atoms with Crippen LogP contribution in [-0.4, -0.2) is 56.5 Å². The summed E-state index contributed by atoms with van der Waals surface area (Å²) in [6.07, 6.45) is 2.07. The van der Waals surface area contributed by atoms with Gasteiger partial charge in [0.1, 0.15) is 5.76 Å². The summed E-state index contributed by atoms with van der Waals surface area (Å²) in [6.45, 7) is 6.26. The molecule has 6 nitrogen and oxygen atoms in total. The molecule has 118 valence electrons. The Morgan fingerprint density at radius 1 is 1.24 bits per heavy atom. The maximum Gasteiger partial charge on any atom is 0.276 e. The summed E-state index contributed by atoms with van der Waals surface area (Å²) in [5.41, 5.74) is 0. The second-order valence-electron chi connectivity index (χ2n) is 5.75. The lowest BCUT2D eigenvalue weighted by Crippen LogP contribution is -2.40. The molecule has 0 aromatic carbocycles. The van der Waals surface area contributed by atoms with Crippen LogP contribution in [0.3, 0.4) is 0 Å². The largest absolute Gasteiger partial charge is 0.447 e. The maximum absolute atomic E-state index is 12.4. The lowest BCUT2D eigenvalue weighted by molar-refractivity contribution is -0.0233. The van der Waals surface area contributed by atoms with Gasteiger partial charge in [0.05, 0.1) is 19.3 Å². The standard InChI is InChI=1S/C14H22N2O4S/c1-12-10-15(8-9-19-12)11-13-4-5-14(20-13)21(17,18)16-6-2-3-7-16/h4-5,12H,2-3,6-11H2,1H3/t12-/m0/s1. The molecule has 0 amide bonds. The molecule has 3 rings (SSSR count). The number of hydrogen-bond acceptors (Lipinski definition) is 5. The van der Waals surface area contributed by atoms with Crippen LogP contribution < -0.4 is 0 Å². The molecule has 2 fully saturated rings. The quantitative estimate of drug-likeness (QED) is 0.838. The third-order valence-corrected chi connectivity index (χ3v) is 5.77. The molecule has 1 aromatic heterocycles. The zero-order valence-corrected chi connectivity index (χ0v) is 13.1. The first-order valence-electron chi connectivity index (χ1n) is 7.48. The molecular formula is C14H22N2O4S. The summed E-state index contributed by atoms with van der Waals surface area (Å²) in [7, 11) is -3.45. The van der Waals surface area contributed by atoms with E-state index in [4.69, 9.17) is 9.15 Å². The van der Waals surface area contributed by atoms with Gasteiger partial charge in [-0.1, -0.05) is 0 Å². The van der Waals surface area contributed by atoms with E-state index in [1.807, 2.05) is 6.92 Å². The Hall–Kier alpha value is -0.890. The van der Waals surface area contributed by atoms with Gasteiger partial charge in [0, 0.05) is 26.2 Å². The zero-order chi connectivity index (χ0) is 14.9. The van der Waals surface area contributed by atoms with E-state index >= 15 is 0 Å². The SMILES string of the molecule is C[C@H]1CN(Cc2ccc(S(=O)(=O)N3CCCC3)o2)CCO1. The van der Waals surface area contributed by atoms with Crippen LogP contribution in [0.2, 0.25) is 0 Å². The molecule has 3 heterocycles. The number of nitrogens with zero attached hydrogens (tertiary/aromatic N) is 2. The van der Waals surface area contributed by atoms with Crippen molar-refractivity contribution in [1.29, 1.82) is 0 Å². The average molecular weight is 314 g/mol. The highest BCUT2D eigenvalue weighted by Gasteiger charge is 2.30. The molecule has 2 aliphatic heterocycles. The topological polar surface area (TPSA) is 63.0 Å². The number of sulfonamides is 1. The number of morpholine rings is 1. The lowest BCUT2D eigenvalue weighted by Gasteiger charge is -2.30. The summed E-state index contributed by atoms with van der Waals surface area (Å²) in [5.74, 6) is 0.696. The molecular weight excluding hydrogens is 292 g/mol. The van der Waals surface area contributed by atoms with E-state index in [0.717, 1.165) is 25.9 Å². The van der Waals surface area contributed by atoms with E-state index in [1.54, 1.807) is 12.1 Å². The van der Waals surface area contributed by atoms with Crippen LogP contribution in [0.4, 0.5) is 0 Å². The van der Waals surface area contributed by atoms with E-state index in [9.17, 15) is 8.42 Å². The fourth-order valence-electron chi connectivity index (χ4n) is 2.89. The number of furan rings is 1. The molecule has 0 bridgehead atoms. The lowest BCUT2D eigenvalue weighted by atomic mass is 10.3. The Kier molecular flexibility index (Phi) is 4.35. The van der Waals surface area contributed by atoms with E-state index in [2.05, 4.69) is 4.90 Å². The van der Waals surface area contributed by atoms with E-state index < -0.39 is 10.0 Å².